The molecule has 0 unspecified atom stereocenters. The molecule has 2 aromatic carbocycles. The summed E-state index contributed by atoms with van der Waals surface area (Å²) >= 11 is 0. The van der Waals surface area contributed by atoms with E-state index in [1.807, 2.05) is 50.4 Å². The summed E-state index contributed by atoms with van der Waals surface area (Å²) in [6.07, 6.45) is 1.89. The number of hydrogen-bond acceptors (Lipinski definition) is 4. The molecule has 3 aromatic rings. The Hall–Kier alpha value is -2.95. The van der Waals surface area contributed by atoms with Gasteiger partial charge in [-0.25, -0.2) is 4.79 Å². The van der Waals surface area contributed by atoms with Crippen molar-refractivity contribution >= 4 is 16.9 Å². The predicted octanol–water partition coefficient (Wildman–Crippen LogP) is 4.27. The lowest BCUT2D eigenvalue weighted by molar-refractivity contribution is 0.0378. The van der Waals surface area contributed by atoms with Crippen LogP contribution in [0.15, 0.2) is 48.7 Å². The molecule has 3 rings (SSSR count). The molecule has 0 N–H and O–H groups in total. The van der Waals surface area contributed by atoms with E-state index in [0.29, 0.717) is 12.1 Å². The summed E-state index contributed by atoms with van der Waals surface area (Å²) in [7, 11) is 3.30. The molecule has 0 saturated heterocycles. The van der Waals surface area contributed by atoms with Crippen molar-refractivity contribution in [3.63, 3.8) is 0 Å². The van der Waals surface area contributed by atoms with Crippen LogP contribution in [0, 0.1) is 0 Å². The van der Waals surface area contributed by atoms with Gasteiger partial charge in [-0.2, -0.15) is 0 Å². The van der Waals surface area contributed by atoms with E-state index >= 15 is 0 Å². The third kappa shape index (κ3) is 3.67. The normalized spacial score (nSPS) is 11.0. The van der Waals surface area contributed by atoms with Crippen LogP contribution >= 0.6 is 0 Å². The second kappa shape index (κ2) is 7.52. The van der Waals surface area contributed by atoms with Gasteiger partial charge < -0.3 is 18.8 Å². The van der Waals surface area contributed by atoms with Gasteiger partial charge in [-0.05, 0) is 37.6 Å². The molecule has 0 atom stereocenters. The summed E-state index contributed by atoms with van der Waals surface area (Å²) in [4.78, 5) is 11.9. The molecule has 0 bridgehead atoms. The second-order valence-electron chi connectivity index (χ2n) is 6.36. The predicted molar refractivity (Wildman–Crippen MR) is 101 cm³/mol. The van der Waals surface area contributed by atoms with Crippen molar-refractivity contribution < 1.29 is 19.0 Å². The molecule has 0 radical (unpaired) electrons. The molecule has 0 saturated carbocycles. The zero-order chi connectivity index (χ0) is 18.7. The van der Waals surface area contributed by atoms with Crippen molar-refractivity contribution in [3.05, 3.63) is 59.8 Å². The van der Waals surface area contributed by atoms with Crippen molar-refractivity contribution in [2.45, 2.75) is 26.5 Å². The van der Waals surface area contributed by atoms with Gasteiger partial charge in [-0.15, -0.1) is 0 Å². The average molecular weight is 353 g/mol. The lowest BCUT2D eigenvalue weighted by atomic mass is 10.1. The summed E-state index contributed by atoms with van der Waals surface area (Å²) in [5.74, 6) is 1.23. The van der Waals surface area contributed by atoms with Gasteiger partial charge in [0.05, 0.1) is 31.4 Å². The van der Waals surface area contributed by atoms with Crippen LogP contribution in [0.5, 0.6) is 11.5 Å². The van der Waals surface area contributed by atoms with Crippen molar-refractivity contribution in [1.29, 1.82) is 0 Å². The first-order valence-corrected chi connectivity index (χ1v) is 8.52. The number of esters is 1. The maximum absolute atomic E-state index is 11.9. The third-order valence-corrected chi connectivity index (χ3v) is 4.17. The molecule has 0 aliphatic heterocycles. The number of carbonyl (C=O) groups is 1. The number of aromatic nitrogens is 1. The Balaban J connectivity index is 1.86. The Labute approximate surface area is 153 Å². The summed E-state index contributed by atoms with van der Waals surface area (Å²) in [5.41, 5.74) is 2.68. The van der Waals surface area contributed by atoms with Gasteiger partial charge >= 0.3 is 5.97 Å². The minimum atomic E-state index is -0.299. The standard InChI is InChI=1S/C21H23NO4/c1-14(2)26-21(23)16-7-5-15(6-8-16)13-22-10-9-18-19(22)11-17(24-3)12-20(18)25-4/h5-12,14H,13H2,1-4H3. The van der Waals surface area contributed by atoms with Crippen molar-refractivity contribution in [2.24, 2.45) is 0 Å². The quantitative estimate of drug-likeness (QED) is 0.621. The number of benzene rings is 2. The monoisotopic (exact) mass is 353 g/mol. The Morgan fingerprint density at radius 1 is 1.04 bits per heavy atom. The number of nitrogens with zero attached hydrogens (tertiary/aromatic N) is 1. The fraction of sp³-hybridized carbons (Fsp3) is 0.286. The van der Waals surface area contributed by atoms with Crippen LogP contribution in [-0.4, -0.2) is 30.9 Å². The summed E-state index contributed by atoms with van der Waals surface area (Å²) in [6, 6.07) is 13.4. The molecule has 26 heavy (non-hydrogen) atoms. The Kier molecular flexibility index (Phi) is 5.16. The number of rotatable bonds is 6. The molecule has 0 aliphatic rings. The summed E-state index contributed by atoms with van der Waals surface area (Å²) in [5, 5.41) is 1.03. The number of ether oxygens (including phenoxy) is 3. The zero-order valence-electron chi connectivity index (χ0n) is 15.5. The molecule has 1 heterocycles. The van der Waals surface area contributed by atoms with E-state index in [2.05, 4.69) is 4.57 Å². The highest BCUT2D eigenvalue weighted by atomic mass is 16.5. The first-order chi connectivity index (χ1) is 12.5. The van der Waals surface area contributed by atoms with Gasteiger partial charge in [0.1, 0.15) is 11.5 Å². The van der Waals surface area contributed by atoms with E-state index in [4.69, 9.17) is 14.2 Å². The molecule has 136 valence electrons. The van der Waals surface area contributed by atoms with Crippen LogP contribution in [-0.2, 0) is 11.3 Å². The van der Waals surface area contributed by atoms with E-state index < -0.39 is 0 Å². The van der Waals surface area contributed by atoms with Crippen LogP contribution < -0.4 is 9.47 Å². The molecular weight excluding hydrogens is 330 g/mol. The molecule has 0 spiro atoms. The zero-order valence-corrected chi connectivity index (χ0v) is 15.5. The van der Waals surface area contributed by atoms with Crippen molar-refractivity contribution in [3.8, 4) is 11.5 Å². The number of methoxy groups -OCH3 is 2. The Bertz CT molecular complexity index is 910. The van der Waals surface area contributed by atoms with Crippen molar-refractivity contribution in [1.82, 2.24) is 4.57 Å². The third-order valence-electron chi connectivity index (χ3n) is 4.17. The molecule has 5 nitrogen and oxygen atoms in total. The molecule has 1 aromatic heterocycles. The average Bonchev–Trinajstić information content (AvgIpc) is 3.03. The first-order valence-electron chi connectivity index (χ1n) is 8.52. The largest absolute Gasteiger partial charge is 0.497 e. The SMILES string of the molecule is COc1cc(OC)c2ccn(Cc3ccc(C(=O)OC(C)C)cc3)c2c1. The topological polar surface area (TPSA) is 49.7 Å². The van der Waals surface area contributed by atoms with Crippen LogP contribution in [0.1, 0.15) is 29.8 Å². The minimum Gasteiger partial charge on any atom is -0.497 e. The maximum Gasteiger partial charge on any atom is 0.338 e. The minimum absolute atomic E-state index is 0.127. The van der Waals surface area contributed by atoms with Crippen LogP contribution in [0.2, 0.25) is 0 Å². The van der Waals surface area contributed by atoms with Gasteiger partial charge in [-0.3, -0.25) is 0 Å². The van der Waals surface area contributed by atoms with E-state index in [1.165, 1.54) is 0 Å². The fourth-order valence-corrected chi connectivity index (χ4v) is 2.89. The smallest absolute Gasteiger partial charge is 0.338 e. The first kappa shape index (κ1) is 17.9. The highest BCUT2D eigenvalue weighted by Gasteiger charge is 2.11. The van der Waals surface area contributed by atoms with E-state index in [9.17, 15) is 4.79 Å². The van der Waals surface area contributed by atoms with Gasteiger partial charge in [0.15, 0.2) is 0 Å². The summed E-state index contributed by atoms with van der Waals surface area (Å²) < 4.78 is 18.2. The Morgan fingerprint density at radius 3 is 2.38 bits per heavy atom. The van der Waals surface area contributed by atoms with Crippen LogP contribution in [0.25, 0.3) is 10.9 Å². The number of hydrogen-bond donors (Lipinski definition) is 0. The maximum atomic E-state index is 11.9. The Morgan fingerprint density at radius 2 is 1.77 bits per heavy atom. The van der Waals surface area contributed by atoms with E-state index in [-0.39, 0.29) is 12.1 Å². The molecule has 5 heteroatoms. The molecule has 0 amide bonds. The lowest BCUT2D eigenvalue weighted by Crippen LogP contribution is -2.11. The van der Waals surface area contributed by atoms with Gasteiger partial charge in [0.2, 0.25) is 0 Å². The van der Waals surface area contributed by atoms with E-state index in [1.54, 1.807) is 26.4 Å². The van der Waals surface area contributed by atoms with Crippen LogP contribution in [0.3, 0.4) is 0 Å². The van der Waals surface area contributed by atoms with Gasteiger partial charge in [0.25, 0.3) is 0 Å². The molecule has 0 fully saturated rings. The van der Waals surface area contributed by atoms with Gasteiger partial charge in [-0.1, -0.05) is 12.1 Å². The van der Waals surface area contributed by atoms with Crippen molar-refractivity contribution in [2.75, 3.05) is 14.2 Å². The summed E-state index contributed by atoms with van der Waals surface area (Å²) in [6.45, 7) is 4.36. The highest BCUT2D eigenvalue weighted by molar-refractivity contribution is 5.89. The van der Waals surface area contributed by atoms with E-state index in [0.717, 1.165) is 28.0 Å². The second-order valence-corrected chi connectivity index (χ2v) is 6.36. The highest BCUT2D eigenvalue weighted by Crippen LogP contribution is 2.32. The lowest BCUT2D eigenvalue weighted by Gasteiger charge is -2.11. The van der Waals surface area contributed by atoms with Crippen LogP contribution in [0.4, 0.5) is 0 Å². The molecular formula is C21H23NO4. The van der Waals surface area contributed by atoms with Gasteiger partial charge in [0, 0.05) is 30.3 Å². The number of carbonyl (C=O) groups excluding carboxylic acids is 1. The molecule has 0 aliphatic carbocycles. The number of fused-ring (bicyclic) bond motifs is 1. The fourth-order valence-electron chi connectivity index (χ4n) is 2.89.